The zero-order valence-electron chi connectivity index (χ0n) is 11.9. The largest absolute Gasteiger partial charge is 0.395 e. The van der Waals surface area contributed by atoms with Gasteiger partial charge in [0.2, 0.25) is 5.91 Å². The topological polar surface area (TPSA) is 61.8 Å². The van der Waals surface area contributed by atoms with Crippen LogP contribution in [0.25, 0.3) is 0 Å². The van der Waals surface area contributed by atoms with Crippen molar-refractivity contribution in [1.29, 1.82) is 0 Å². The summed E-state index contributed by atoms with van der Waals surface area (Å²) in [5, 5.41) is 12.3. The van der Waals surface area contributed by atoms with Crippen LogP contribution in [0.15, 0.2) is 18.2 Å². The highest BCUT2D eigenvalue weighted by Gasteiger charge is 2.11. The lowest BCUT2D eigenvalue weighted by Crippen LogP contribution is -2.37. The SMILES string of the molecule is COCCN(CCO)CC(=O)Nc1ccc(C)cc1Cl. The number of ether oxygens (including phenoxy) is 1. The second-order valence-corrected chi connectivity index (χ2v) is 4.93. The highest BCUT2D eigenvalue weighted by Crippen LogP contribution is 2.22. The second kappa shape index (κ2) is 8.92. The molecule has 0 radical (unpaired) electrons. The van der Waals surface area contributed by atoms with E-state index in [0.29, 0.717) is 30.4 Å². The highest BCUT2D eigenvalue weighted by atomic mass is 35.5. The standard InChI is InChI=1S/C14H21ClN2O3/c1-11-3-4-13(12(15)9-11)16-14(19)10-17(5-7-18)6-8-20-2/h3-4,9,18H,5-8,10H2,1-2H3,(H,16,19). The monoisotopic (exact) mass is 300 g/mol. The van der Waals surface area contributed by atoms with Gasteiger partial charge in [-0.15, -0.1) is 0 Å². The molecule has 0 aliphatic rings. The third-order valence-corrected chi connectivity index (χ3v) is 3.11. The lowest BCUT2D eigenvalue weighted by Gasteiger charge is -2.20. The summed E-state index contributed by atoms with van der Waals surface area (Å²) in [5.41, 5.74) is 1.63. The van der Waals surface area contributed by atoms with E-state index in [2.05, 4.69) is 5.32 Å². The van der Waals surface area contributed by atoms with Gasteiger partial charge < -0.3 is 15.2 Å². The number of amides is 1. The Labute approximate surface area is 124 Å². The van der Waals surface area contributed by atoms with Gasteiger partial charge in [-0.05, 0) is 24.6 Å². The Hall–Kier alpha value is -1.14. The zero-order chi connectivity index (χ0) is 15.0. The van der Waals surface area contributed by atoms with E-state index in [0.717, 1.165) is 5.56 Å². The molecule has 0 heterocycles. The zero-order valence-corrected chi connectivity index (χ0v) is 12.6. The van der Waals surface area contributed by atoms with E-state index in [-0.39, 0.29) is 19.1 Å². The molecule has 5 nitrogen and oxygen atoms in total. The van der Waals surface area contributed by atoms with Crippen molar-refractivity contribution in [2.24, 2.45) is 0 Å². The Morgan fingerprint density at radius 2 is 2.20 bits per heavy atom. The molecule has 0 aromatic heterocycles. The highest BCUT2D eigenvalue weighted by molar-refractivity contribution is 6.33. The van der Waals surface area contributed by atoms with E-state index in [1.165, 1.54) is 0 Å². The van der Waals surface area contributed by atoms with E-state index in [9.17, 15) is 4.79 Å². The predicted octanol–water partition coefficient (Wildman–Crippen LogP) is 1.53. The van der Waals surface area contributed by atoms with Crippen LogP contribution < -0.4 is 5.32 Å². The lowest BCUT2D eigenvalue weighted by atomic mass is 10.2. The van der Waals surface area contributed by atoms with E-state index < -0.39 is 0 Å². The van der Waals surface area contributed by atoms with E-state index in [1.54, 1.807) is 19.2 Å². The summed E-state index contributed by atoms with van der Waals surface area (Å²) >= 11 is 6.07. The number of nitrogens with one attached hydrogen (secondary N) is 1. The third kappa shape index (κ3) is 5.88. The molecule has 0 aliphatic carbocycles. The van der Waals surface area contributed by atoms with Crippen LogP contribution in [0.5, 0.6) is 0 Å². The number of benzene rings is 1. The molecule has 0 atom stereocenters. The minimum Gasteiger partial charge on any atom is -0.395 e. The molecule has 1 aromatic carbocycles. The molecule has 1 amide bonds. The summed E-state index contributed by atoms with van der Waals surface area (Å²) in [7, 11) is 1.60. The first-order chi connectivity index (χ1) is 9.56. The number of hydrogen-bond donors (Lipinski definition) is 2. The molecule has 1 aromatic rings. The molecule has 1 rings (SSSR count). The van der Waals surface area contributed by atoms with Crippen LogP contribution in [-0.2, 0) is 9.53 Å². The third-order valence-electron chi connectivity index (χ3n) is 2.79. The van der Waals surface area contributed by atoms with Gasteiger partial charge in [0.25, 0.3) is 0 Å². The first kappa shape index (κ1) is 16.9. The number of methoxy groups -OCH3 is 1. The average Bonchev–Trinajstić information content (AvgIpc) is 2.39. The number of carbonyl (C=O) groups excluding carboxylic acids is 1. The summed E-state index contributed by atoms with van der Waals surface area (Å²) in [6.45, 7) is 3.66. The summed E-state index contributed by atoms with van der Waals surface area (Å²) < 4.78 is 4.97. The number of aliphatic hydroxyl groups is 1. The molecule has 2 N–H and O–H groups in total. The molecule has 0 bridgehead atoms. The number of anilines is 1. The van der Waals surface area contributed by atoms with Crippen LogP contribution in [-0.4, -0.2) is 55.9 Å². The van der Waals surface area contributed by atoms with E-state index in [4.69, 9.17) is 21.4 Å². The van der Waals surface area contributed by atoms with Crippen LogP contribution in [0, 0.1) is 6.92 Å². The van der Waals surface area contributed by atoms with Crippen molar-refractivity contribution in [3.8, 4) is 0 Å². The Bertz CT molecular complexity index is 440. The Morgan fingerprint density at radius 1 is 1.45 bits per heavy atom. The maximum Gasteiger partial charge on any atom is 0.238 e. The van der Waals surface area contributed by atoms with E-state index in [1.807, 2.05) is 17.9 Å². The van der Waals surface area contributed by atoms with Crippen molar-refractivity contribution in [2.45, 2.75) is 6.92 Å². The van der Waals surface area contributed by atoms with Gasteiger partial charge in [0.1, 0.15) is 0 Å². The number of nitrogens with zero attached hydrogens (tertiary/aromatic N) is 1. The van der Waals surface area contributed by atoms with Crippen LogP contribution in [0.3, 0.4) is 0 Å². The van der Waals surface area contributed by atoms with Crippen molar-refractivity contribution in [2.75, 3.05) is 45.3 Å². The predicted molar refractivity (Wildman–Crippen MR) is 80.2 cm³/mol. The minimum atomic E-state index is -0.166. The summed E-state index contributed by atoms with van der Waals surface area (Å²) in [6, 6.07) is 5.46. The maximum absolute atomic E-state index is 12.0. The van der Waals surface area contributed by atoms with Gasteiger partial charge in [-0.1, -0.05) is 17.7 Å². The van der Waals surface area contributed by atoms with Gasteiger partial charge in [0.05, 0.1) is 30.5 Å². The number of aliphatic hydroxyl groups excluding tert-OH is 1. The van der Waals surface area contributed by atoms with Crippen LogP contribution >= 0.6 is 11.6 Å². The molecule has 0 fully saturated rings. The first-order valence-corrected chi connectivity index (χ1v) is 6.82. The fourth-order valence-corrected chi connectivity index (χ4v) is 2.03. The van der Waals surface area contributed by atoms with Crippen molar-refractivity contribution in [3.63, 3.8) is 0 Å². The molecule has 0 spiro atoms. The van der Waals surface area contributed by atoms with Crippen molar-refractivity contribution in [3.05, 3.63) is 28.8 Å². The fourth-order valence-electron chi connectivity index (χ4n) is 1.75. The molecular formula is C14H21ClN2O3. The fraction of sp³-hybridized carbons (Fsp3) is 0.500. The average molecular weight is 301 g/mol. The summed E-state index contributed by atoms with van der Waals surface area (Å²) in [6.07, 6.45) is 0. The first-order valence-electron chi connectivity index (χ1n) is 6.45. The number of hydrogen-bond acceptors (Lipinski definition) is 4. The molecule has 0 aliphatic heterocycles. The minimum absolute atomic E-state index is 0.00226. The number of rotatable bonds is 8. The van der Waals surface area contributed by atoms with Crippen LogP contribution in [0.2, 0.25) is 5.02 Å². The van der Waals surface area contributed by atoms with Gasteiger partial charge in [-0.25, -0.2) is 0 Å². The molecule has 6 heteroatoms. The normalized spacial score (nSPS) is 10.8. The van der Waals surface area contributed by atoms with Gasteiger partial charge in [-0.2, -0.15) is 0 Å². The van der Waals surface area contributed by atoms with Gasteiger partial charge in [0.15, 0.2) is 0 Å². The van der Waals surface area contributed by atoms with Gasteiger partial charge in [0, 0.05) is 20.2 Å². The molecule has 0 unspecified atom stereocenters. The Morgan fingerprint density at radius 3 is 2.80 bits per heavy atom. The van der Waals surface area contributed by atoms with Crippen molar-refractivity contribution >= 4 is 23.2 Å². The maximum atomic E-state index is 12.0. The molecular weight excluding hydrogens is 280 g/mol. The smallest absolute Gasteiger partial charge is 0.238 e. The van der Waals surface area contributed by atoms with Crippen LogP contribution in [0.4, 0.5) is 5.69 Å². The van der Waals surface area contributed by atoms with Crippen LogP contribution in [0.1, 0.15) is 5.56 Å². The summed E-state index contributed by atoms with van der Waals surface area (Å²) in [5.74, 6) is -0.166. The van der Waals surface area contributed by atoms with E-state index >= 15 is 0 Å². The van der Waals surface area contributed by atoms with Crippen molar-refractivity contribution < 1.29 is 14.6 Å². The van der Waals surface area contributed by atoms with Crippen molar-refractivity contribution in [1.82, 2.24) is 4.90 Å². The lowest BCUT2D eigenvalue weighted by molar-refractivity contribution is -0.117. The van der Waals surface area contributed by atoms with Gasteiger partial charge >= 0.3 is 0 Å². The molecule has 20 heavy (non-hydrogen) atoms. The van der Waals surface area contributed by atoms with Gasteiger partial charge in [-0.3, -0.25) is 9.69 Å². The number of halogens is 1. The molecule has 0 saturated heterocycles. The quantitative estimate of drug-likeness (QED) is 0.764. The number of carbonyl (C=O) groups is 1. The second-order valence-electron chi connectivity index (χ2n) is 4.52. The Balaban J connectivity index is 2.55. The molecule has 0 saturated carbocycles. The summed E-state index contributed by atoms with van der Waals surface area (Å²) in [4.78, 5) is 13.8. The Kier molecular flexibility index (Phi) is 7.54. The molecule has 112 valence electrons. The number of aryl methyl sites for hydroxylation is 1.